The summed E-state index contributed by atoms with van der Waals surface area (Å²) in [6.45, 7) is 5.54. The number of amides is 1. The molecule has 1 fully saturated rings. The molecule has 0 atom stereocenters. The van der Waals surface area contributed by atoms with Crippen LogP contribution in [0, 0.1) is 0 Å². The molecule has 1 saturated heterocycles. The Morgan fingerprint density at radius 3 is 2.56 bits per heavy atom. The van der Waals surface area contributed by atoms with Gasteiger partial charge in [-0.05, 0) is 34.7 Å². The van der Waals surface area contributed by atoms with E-state index < -0.39 is 0 Å². The lowest BCUT2D eigenvalue weighted by Gasteiger charge is -2.34. The summed E-state index contributed by atoms with van der Waals surface area (Å²) in [4.78, 5) is 21.2. The van der Waals surface area contributed by atoms with Gasteiger partial charge in [-0.15, -0.1) is 5.10 Å². The summed E-state index contributed by atoms with van der Waals surface area (Å²) in [5, 5.41) is 15.0. The Hall–Kier alpha value is -3.14. The van der Waals surface area contributed by atoms with Crippen molar-refractivity contribution in [1.29, 1.82) is 0 Å². The highest BCUT2D eigenvalue weighted by atomic mass is 16.5. The van der Waals surface area contributed by atoms with E-state index >= 15 is 0 Å². The topological polar surface area (TPSA) is 106 Å². The van der Waals surface area contributed by atoms with Crippen molar-refractivity contribution in [1.82, 2.24) is 40.1 Å². The number of hydrogen-bond donors (Lipinski definition) is 0. The molecule has 1 aromatic carbocycles. The smallest absolute Gasteiger partial charge is 0.253 e. The molecular formula is C17H20N8O2. The van der Waals surface area contributed by atoms with E-state index in [0.29, 0.717) is 36.9 Å². The van der Waals surface area contributed by atoms with E-state index in [-0.39, 0.29) is 5.91 Å². The molecule has 0 unspecified atom stereocenters. The quantitative estimate of drug-likeness (QED) is 0.643. The van der Waals surface area contributed by atoms with Gasteiger partial charge in [-0.3, -0.25) is 9.69 Å². The van der Waals surface area contributed by atoms with Crippen LogP contribution in [0.1, 0.15) is 29.0 Å². The number of benzene rings is 1. The molecule has 0 radical (unpaired) electrons. The number of aryl methyl sites for hydroxylation is 1. The number of tetrazole rings is 1. The van der Waals surface area contributed by atoms with Crippen LogP contribution in [0.15, 0.2) is 35.1 Å². The lowest BCUT2D eigenvalue weighted by atomic mass is 10.1. The van der Waals surface area contributed by atoms with Gasteiger partial charge in [0.05, 0.1) is 12.2 Å². The average molecular weight is 368 g/mol. The minimum atomic E-state index is 0.0331. The molecule has 1 amide bonds. The summed E-state index contributed by atoms with van der Waals surface area (Å²) < 4.78 is 6.69. The van der Waals surface area contributed by atoms with Crippen LogP contribution in [0.5, 0.6) is 0 Å². The van der Waals surface area contributed by atoms with E-state index in [1.807, 2.05) is 24.0 Å². The highest BCUT2D eigenvalue weighted by Crippen LogP contribution is 2.13. The van der Waals surface area contributed by atoms with Crippen LogP contribution in [0.4, 0.5) is 0 Å². The van der Waals surface area contributed by atoms with Crippen molar-refractivity contribution in [3.05, 3.63) is 47.9 Å². The largest absolute Gasteiger partial charge is 0.339 e. The van der Waals surface area contributed by atoms with Gasteiger partial charge >= 0.3 is 0 Å². The molecule has 2 aromatic heterocycles. The Labute approximate surface area is 155 Å². The molecule has 3 heterocycles. The summed E-state index contributed by atoms with van der Waals surface area (Å²) >= 11 is 0. The number of carbonyl (C=O) groups excluding carboxylic acids is 1. The van der Waals surface area contributed by atoms with E-state index in [1.54, 1.807) is 16.8 Å². The number of hydrogen-bond acceptors (Lipinski definition) is 8. The second-order valence-corrected chi connectivity index (χ2v) is 6.33. The predicted molar refractivity (Wildman–Crippen MR) is 94.0 cm³/mol. The van der Waals surface area contributed by atoms with Crippen LogP contribution in [0.25, 0.3) is 5.69 Å². The van der Waals surface area contributed by atoms with Gasteiger partial charge in [0.1, 0.15) is 6.33 Å². The van der Waals surface area contributed by atoms with Crippen molar-refractivity contribution in [2.24, 2.45) is 0 Å². The second-order valence-electron chi connectivity index (χ2n) is 6.33. The Bertz CT molecular complexity index is 882. The zero-order valence-corrected chi connectivity index (χ0v) is 15.0. The third-order valence-electron chi connectivity index (χ3n) is 4.56. The zero-order chi connectivity index (χ0) is 18.6. The van der Waals surface area contributed by atoms with Gasteiger partial charge in [-0.25, -0.2) is 4.68 Å². The summed E-state index contributed by atoms with van der Waals surface area (Å²) in [6.07, 6.45) is 2.25. The molecule has 1 aliphatic rings. The Morgan fingerprint density at radius 1 is 1.15 bits per heavy atom. The molecule has 140 valence electrons. The fourth-order valence-electron chi connectivity index (χ4n) is 3.03. The van der Waals surface area contributed by atoms with Crippen molar-refractivity contribution in [3.63, 3.8) is 0 Å². The third kappa shape index (κ3) is 3.85. The van der Waals surface area contributed by atoms with Crippen LogP contribution in [-0.4, -0.2) is 72.2 Å². The first-order chi connectivity index (χ1) is 13.2. The lowest BCUT2D eigenvalue weighted by Crippen LogP contribution is -2.48. The molecule has 0 aliphatic carbocycles. The van der Waals surface area contributed by atoms with E-state index in [1.165, 1.54) is 6.33 Å². The number of rotatable bonds is 5. The van der Waals surface area contributed by atoms with Crippen LogP contribution in [-0.2, 0) is 13.0 Å². The fraction of sp³-hybridized carbons (Fsp3) is 0.412. The fourth-order valence-corrected chi connectivity index (χ4v) is 3.03. The minimum Gasteiger partial charge on any atom is -0.339 e. The molecule has 4 rings (SSSR count). The molecule has 10 nitrogen and oxygen atoms in total. The van der Waals surface area contributed by atoms with Crippen LogP contribution < -0.4 is 0 Å². The molecule has 1 aliphatic heterocycles. The maximum Gasteiger partial charge on any atom is 0.253 e. The molecule has 27 heavy (non-hydrogen) atoms. The maximum atomic E-state index is 12.7. The third-order valence-corrected chi connectivity index (χ3v) is 4.56. The predicted octanol–water partition coefficient (Wildman–Crippen LogP) is 0.566. The van der Waals surface area contributed by atoms with E-state index in [4.69, 9.17) is 4.52 Å². The zero-order valence-electron chi connectivity index (χ0n) is 15.0. The number of nitrogens with zero attached hydrogens (tertiary/aromatic N) is 8. The lowest BCUT2D eigenvalue weighted by molar-refractivity contribution is 0.0624. The van der Waals surface area contributed by atoms with Crippen LogP contribution in [0.3, 0.4) is 0 Å². The number of piperazine rings is 1. The van der Waals surface area contributed by atoms with Crippen molar-refractivity contribution in [3.8, 4) is 5.69 Å². The first-order valence-corrected chi connectivity index (χ1v) is 8.89. The minimum absolute atomic E-state index is 0.0331. The first-order valence-electron chi connectivity index (χ1n) is 8.89. The van der Waals surface area contributed by atoms with E-state index in [9.17, 15) is 4.79 Å². The summed E-state index contributed by atoms with van der Waals surface area (Å²) in [6, 6.07) is 7.28. The highest BCUT2D eigenvalue weighted by molar-refractivity contribution is 5.94. The van der Waals surface area contributed by atoms with E-state index in [2.05, 4.69) is 30.6 Å². The van der Waals surface area contributed by atoms with Crippen LogP contribution in [0.2, 0.25) is 0 Å². The molecule has 0 N–H and O–H groups in total. The molecular weight excluding hydrogens is 348 g/mol. The second kappa shape index (κ2) is 7.62. The van der Waals surface area contributed by atoms with Gasteiger partial charge in [0.2, 0.25) is 5.89 Å². The standard InChI is InChI=1S/C17H20N8O2/c1-2-16-19-15(20-27-16)11-23-7-9-24(10-8-23)17(26)13-3-5-14(6-4-13)25-12-18-21-22-25/h3-6,12H,2,7-11H2,1H3. The van der Waals surface area contributed by atoms with Crippen molar-refractivity contribution in [2.75, 3.05) is 26.2 Å². The average Bonchev–Trinajstić information content (AvgIpc) is 3.40. The Kier molecular flexibility index (Phi) is 4.88. The summed E-state index contributed by atoms with van der Waals surface area (Å²) in [5.74, 6) is 1.39. The highest BCUT2D eigenvalue weighted by Gasteiger charge is 2.23. The van der Waals surface area contributed by atoms with Gasteiger partial charge in [0.25, 0.3) is 5.91 Å². The maximum absolute atomic E-state index is 12.7. The number of carbonyl (C=O) groups is 1. The first kappa shape index (κ1) is 17.3. The summed E-state index contributed by atoms with van der Waals surface area (Å²) in [5.41, 5.74) is 1.47. The van der Waals surface area contributed by atoms with Crippen molar-refractivity contribution in [2.45, 2.75) is 19.9 Å². The molecule has 0 bridgehead atoms. The van der Waals surface area contributed by atoms with Crippen molar-refractivity contribution >= 4 is 5.91 Å². The van der Waals surface area contributed by atoms with E-state index in [0.717, 1.165) is 25.2 Å². The summed E-state index contributed by atoms with van der Waals surface area (Å²) in [7, 11) is 0. The number of aromatic nitrogens is 6. The Morgan fingerprint density at radius 2 is 1.93 bits per heavy atom. The van der Waals surface area contributed by atoms with Gasteiger partial charge < -0.3 is 9.42 Å². The van der Waals surface area contributed by atoms with Crippen molar-refractivity contribution < 1.29 is 9.32 Å². The molecule has 3 aromatic rings. The van der Waals surface area contributed by atoms with Gasteiger partial charge in [-0.2, -0.15) is 4.98 Å². The van der Waals surface area contributed by atoms with Gasteiger partial charge in [-0.1, -0.05) is 12.1 Å². The monoisotopic (exact) mass is 368 g/mol. The van der Waals surface area contributed by atoms with Gasteiger partial charge in [0, 0.05) is 38.2 Å². The molecule has 10 heteroatoms. The Balaban J connectivity index is 1.33. The van der Waals surface area contributed by atoms with Crippen LogP contribution >= 0.6 is 0 Å². The normalized spacial score (nSPS) is 15.2. The SMILES string of the molecule is CCc1nc(CN2CCN(C(=O)c3ccc(-n4cnnn4)cc3)CC2)no1. The van der Waals surface area contributed by atoms with Gasteiger partial charge in [0.15, 0.2) is 5.82 Å². The molecule has 0 spiro atoms. The molecule has 0 saturated carbocycles.